The molecule has 18 heavy (non-hydrogen) atoms. The van der Waals surface area contributed by atoms with E-state index in [2.05, 4.69) is 20.6 Å². The first-order valence-corrected chi connectivity index (χ1v) is 7.67. The maximum atomic E-state index is 11.6. The lowest BCUT2D eigenvalue weighted by atomic mass is 10.1. The summed E-state index contributed by atoms with van der Waals surface area (Å²) in [6.45, 7) is 3.29. The number of anilines is 1. The highest BCUT2D eigenvalue weighted by molar-refractivity contribution is 7.13. The first kappa shape index (κ1) is 12.1. The summed E-state index contributed by atoms with van der Waals surface area (Å²) in [4.78, 5) is 18.6. The molecule has 0 aromatic carbocycles. The van der Waals surface area contributed by atoms with E-state index in [1.807, 2.05) is 0 Å². The smallest absolute Gasteiger partial charge is 0.229 e. The third-order valence-electron chi connectivity index (χ3n) is 3.56. The first-order valence-electron chi connectivity index (χ1n) is 6.79. The lowest BCUT2D eigenvalue weighted by molar-refractivity contribution is -0.117. The van der Waals surface area contributed by atoms with Gasteiger partial charge in [-0.25, -0.2) is 4.98 Å². The molecule has 1 aromatic heterocycles. The van der Waals surface area contributed by atoms with Crippen LogP contribution in [0.4, 0.5) is 5.13 Å². The van der Waals surface area contributed by atoms with Gasteiger partial charge in [-0.2, -0.15) is 0 Å². The summed E-state index contributed by atoms with van der Waals surface area (Å²) in [5.41, 5.74) is 1.09. The van der Waals surface area contributed by atoms with Crippen molar-refractivity contribution in [2.24, 2.45) is 5.92 Å². The Morgan fingerprint density at radius 2 is 2.17 bits per heavy atom. The van der Waals surface area contributed by atoms with Crippen molar-refractivity contribution < 1.29 is 4.79 Å². The van der Waals surface area contributed by atoms with Gasteiger partial charge in [0.15, 0.2) is 5.13 Å². The molecule has 1 saturated carbocycles. The third kappa shape index (κ3) is 3.09. The predicted octanol–water partition coefficient (Wildman–Crippen LogP) is 2.48. The lowest BCUT2D eigenvalue weighted by Gasteiger charge is -2.25. The Bertz CT molecular complexity index is 422. The summed E-state index contributed by atoms with van der Waals surface area (Å²) in [5.74, 6) is 0.397. The Labute approximate surface area is 111 Å². The van der Waals surface area contributed by atoms with Crippen LogP contribution in [0.15, 0.2) is 5.38 Å². The molecule has 2 heterocycles. The third-order valence-corrected chi connectivity index (χ3v) is 4.37. The second-order valence-corrected chi connectivity index (χ2v) is 6.10. The Kier molecular flexibility index (Phi) is 3.61. The fourth-order valence-electron chi connectivity index (χ4n) is 2.34. The fourth-order valence-corrected chi connectivity index (χ4v) is 3.04. The van der Waals surface area contributed by atoms with Gasteiger partial charge in [0.2, 0.25) is 5.91 Å². The van der Waals surface area contributed by atoms with Crippen molar-refractivity contribution in [1.29, 1.82) is 0 Å². The van der Waals surface area contributed by atoms with Crippen LogP contribution in [0.3, 0.4) is 0 Å². The lowest BCUT2D eigenvalue weighted by Crippen LogP contribution is -2.29. The highest BCUT2D eigenvalue weighted by atomic mass is 32.1. The van der Waals surface area contributed by atoms with Crippen LogP contribution < -0.4 is 5.32 Å². The molecule has 1 saturated heterocycles. The number of aromatic nitrogens is 1. The van der Waals surface area contributed by atoms with Crippen molar-refractivity contribution in [3.8, 4) is 0 Å². The maximum Gasteiger partial charge on any atom is 0.229 e. The normalized spacial score (nSPS) is 20.9. The number of thiazole rings is 1. The largest absolute Gasteiger partial charge is 0.302 e. The number of hydrogen-bond acceptors (Lipinski definition) is 4. The molecule has 0 unspecified atom stereocenters. The van der Waals surface area contributed by atoms with E-state index >= 15 is 0 Å². The van der Waals surface area contributed by atoms with Gasteiger partial charge >= 0.3 is 0 Å². The van der Waals surface area contributed by atoms with Crippen LogP contribution in [0.25, 0.3) is 0 Å². The van der Waals surface area contributed by atoms with Gasteiger partial charge in [0.05, 0.1) is 5.69 Å². The second-order valence-electron chi connectivity index (χ2n) is 5.24. The van der Waals surface area contributed by atoms with Crippen molar-refractivity contribution in [3.05, 3.63) is 11.1 Å². The van der Waals surface area contributed by atoms with Crippen molar-refractivity contribution in [2.45, 2.75) is 38.6 Å². The number of carbonyl (C=O) groups excluding carboxylic acids is 1. The summed E-state index contributed by atoms with van der Waals surface area (Å²) >= 11 is 1.54. The van der Waals surface area contributed by atoms with Crippen LogP contribution in [-0.2, 0) is 11.3 Å². The van der Waals surface area contributed by atoms with Crippen molar-refractivity contribution >= 4 is 22.4 Å². The number of rotatable bonds is 4. The van der Waals surface area contributed by atoms with Gasteiger partial charge in [0.25, 0.3) is 0 Å². The van der Waals surface area contributed by atoms with Crippen molar-refractivity contribution in [2.75, 3.05) is 18.4 Å². The molecule has 1 aliphatic heterocycles. The average Bonchev–Trinajstić information content (AvgIpc) is 3.15. The molecule has 2 fully saturated rings. The van der Waals surface area contributed by atoms with Crippen LogP contribution in [-0.4, -0.2) is 28.9 Å². The van der Waals surface area contributed by atoms with Crippen LogP contribution in [0.1, 0.15) is 37.8 Å². The van der Waals surface area contributed by atoms with Crippen LogP contribution in [0.2, 0.25) is 0 Å². The van der Waals surface area contributed by atoms with E-state index in [1.165, 1.54) is 32.4 Å². The Morgan fingerprint density at radius 1 is 1.39 bits per heavy atom. The number of piperidine rings is 1. The molecule has 98 valence electrons. The van der Waals surface area contributed by atoms with Gasteiger partial charge < -0.3 is 5.32 Å². The van der Waals surface area contributed by atoms with E-state index in [4.69, 9.17) is 0 Å². The van der Waals surface area contributed by atoms with Crippen LogP contribution in [0.5, 0.6) is 0 Å². The van der Waals surface area contributed by atoms with Crippen molar-refractivity contribution in [3.63, 3.8) is 0 Å². The van der Waals surface area contributed by atoms with E-state index in [1.54, 1.807) is 11.3 Å². The second kappa shape index (κ2) is 5.36. The number of nitrogens with one attached hydrogen (secondary N) is 1. The zero-order valence-electron chi connectivity index (χ0n) is 10.5. The van der Waals surface area contributed by atoms with E-state index in [9.17, 15) is 4.79 Å². The topological polar surface area (TPSA) is 45.2 Å². The zero-order valence-corrected chi connectivity index (χ0v) is 11.3. The molecule has 1 N–H and O–H groups in total. The highest BCUT2D eigenvalue weighted by Gasteiger charge is 2.30. The fraction of sp³-hybridized carbons (Fsp3) is 0.692. The molecule has 4 nitrogen and oxygen atoms in total. The minimum Gasteiger partial charge on any atom is -0.302 e. The molecule has 0 radical (unpaired) electrons. The quantitative estimate of drug-likeness (QED) is 0.909. The molecule has 5 heteroatoms. The Hall–Kier alpha value is -0.940. The maximum absolute atomic E-state index is 11.6. The van der Waals surface area contributed by atoms with Crippen LogP contribution in [0, 0.1) is 5.92 Å². The van der Waals surface area contributed by atoms with Gasteiger partial charge in [0, 0.05) is 17.8 Å². The minimum absolute atomic E-state index is 0.147. The molecule has 0 spiro atoms. The van der Waals surface area contributed by atoms with E-state index in [0.29, 0.717) is 0 Å². The first-order chi connectivity index (χ1) is 8.81. The SMILES string of the molecule is O=C(Nc1nc(CN2CCCCC2)cs1)C1CC1. The predicted molar refractivity (Wildman–Crippen MR) is 72.6 cm³/mol. The van der Waals surface area contributed by atoms with E-state index in [0.717, 1.165) is 30.2 Å². The number of amides is 1. The number of likely N-dealkylation sites (tertiary alicyclic amines) is 1. The minimum atomic E-state index is 0.147. The molecule has 1 aliphatic carbocycles. The molecule has 0 bridgehead atoms. The van der Waals surface area contributed by atoms with E-state index < -0.39 is 0 Å². The summed E-state index contributed by atoms with van der Waals surface area (Å²) in [6, 6.07) is 0. The average molecular weight is 265 g/mol. The van der Waals surface area contributed by atoms with Crippen LogP contribution >= 0.6 is 11.3 Å². The van der Waals surface area contributed by atoms with Gasteiger partial charge in [-0.3, -0.25) is 9.69 Å². The summed E-state index contributed by atoms with van der Waals surface area (Å²) < 4.78 is 0. The molecule has 1 aromatic rings. The standard InChI is InChI=1S/C13H19N3OS/c17-12(10-4-5-10)15-13-14-11(9-18-13)8-16-6-2-1-3-7-16/h9-10H,1-8H2,(H,14,15,17). The van der Waals surface area contributed by atoms with Gasteiger partial charge in [0.1, 0.15) is 0 Å². The van der Waals surface area contributed by atoms with Crippen molar-refractivity contribution in [1.82, 2.24) is 9.88 Å². The Balaban J connectivity index is 1.53. The number of carbonyl (C=O) groups is 1. The van der Waals surface area contributed by atoms with Gasteiger partial charge in [-0.15, -0.1) is 11.3 Å². The van der Waals surface area contributed by atoms with Gasteiger partial charge in [-0.1, -0.05) is 6.42 Å². The van der Waals surface area contributed by atoms with E-state index in [-0.39, 0.29) is 11.8 Å². The number of hydrogen-bond donors (Lipinski definition) is 1. The highest BCUT2D eigenvalue weighted by Crippen LogP contribution is 2.30. The van der Waals surface area contributed by atoms with Gasteiger partial charge in [-0.05, 0) is 38.8 Å². The molecule has 1 amide bonds. The number of nitrogens with zero attached hydrogens (tertiary/aromatic N) is 2. The summed E-state index contributed by atoms with van der Waals surface area (Å²) in [5, 5.41) is 5.74. The molecule has 0 atom stereocenters. The molecular formula is C13H19N3OS. The summed E-state index contributed by atoms with van der Waals surface area (Å²) in [7, 11) is 0. The molecular weight excluding hydrogens is 246 g/mol. The monoisotopic (exact) mass is 265 g/mol. The Morgan fingerprint density at radius 3 is 2.89 bits per heavy atom. The molecule has 3 rings (SSSR count). The summed E-state index contributed by atoms with van der Waals surface area (Å²) in [6.07, 6.45) is 6.04. The molecule has 2 aliphatic rings. The zero-order chi connectivity index (χ0) is 12.4.